The topological polar surface area (TPSA) is 126 Å². The molecule has 1 fully saturated rings. The van der Waals surface area contributed by atoms with Crippen LogP contribution in [-0.4, -0.2) is 49.4 Å². The van der Waals surface area contributed by atoms with Crippen molar-refractivity contribution in [3.8, 4) is 11.5 Å². The number of imide groups is 1. The lowest BCUT2D eigenvalue weighted by molar-refractivity contribution is -0.133. The Hall–Kier alpha value is -4.08. The molecule has 0 bridgehead atoms. The molecule has 1 aliphatic rings. The summed E-state index contributed by atoms with van der Waals surface area (Å²) in [5.74, 6) is -0.391. The van der Waals surface area contributed by atoms with E-state index in [9.17, 15) is 19.2 Å². The van der Waals surface area contributed by atoms with E-state index in [2.05, 4.69) is 16.0 Å². The third-order valence-corrected chi connectivity index (χ3v) is 5.04. The fourth-order valence-corrected chi connectivity index (χ4v) is 3.38. The van der Waals surface area contributed by atoms with Gasteiger partial charge in [-0.05, 0) is 42.8 Å². The van der Waals surface area contributed by atoms with Gasteiger partial charge in [-0.2, -0.15) is 0 Å². The summed E-state index contributed by atoms with van der Waals surface area (Å²) in [5.41, 5.74) is 0.00143. The lowest BCUT2D eigenvalue weighted by atomic mass is 9.92. The first kappa shape index (κ1) is 22.6. The molecule has 0 spiro atoms. The van der Waals surface area contributed by atoms with Crippen LogP contribution >= 0.6 is 0 Å². The van der Waals surface area contributed by atoms with Crippen molar-refractivity contribution in [3.63, 3.8) is 0 Å². The van der Waals surface area contributed by atoms with Crippen molar-refractivity contribution < 1.29 is 28.7 Å². The lowest BCUT2D eigenvalue weighted by Crippen LogP contribution is -2.42. The quantitative estimate of drug-likeness (QED) is 0.566. The number of nitrogens with zero attached hydrogens (tertiary/aromatic N) is 1. The Morgan fingerprint density at radius 3 is 2.31 bits per heavy atom. The fourth-order valence-electron chi connectivity index (χ4n) is 3.38. The maximum atomic E-state index is 13.0. The van der Waals surface area contributed by atoms with E-state index in [4.69, 9.17) is 9.47 Å². The average Bonchev–Trinajstić information content (AvgIpc) is 2.97. The van der Waals surface area contributed by atoms with E-state index in [0.29, 0.717) is 28.4 Å². The van der Waals surface area contributed by atoms with Crippen LogP contribution in [0.1, 0.15) is 19.4 Å². The molecule has 0 saturated carbocycles. The summed E-state index contributed by atoms with van der Waals surface area (Å²) in [6.45, 7) is 2.45. The van der Waals surface area contributed by atoms with Crippen LogP contribution in [0.2, 0.25) is 0 Å². The van der Waals surface area contributed by atoms with Crippen molar-refractivity contribution in [1.29, 1.82) is 0 Å². The normalized spacial score (nSPS) is 17.6. The molecular formula is C22H24N4O6. The monoisotopic (exact) mass is 440 g/mol. The van der Waals surface area contributed by atoms with Crippen LogP contribution in [0.3, 0.4) is 0 Å². The van der Waals surface area contributed by atoms with Crippen LogP contribution in [-0.2, 0) is 19.9 Å². The Labute approximate surface area is 184 Å². The van der Waals surface area contributed by atoms with Gasteiger partial charge in [-0.3, -0.25) is 19.3 Å². The highest BCUT2D eigenvalue weighted by atomic mass is 16.5. The summed E-state index contributed by atoms with van der Waals surface area (Å²) in [5, 5.41) is 7.88. The van der Waals surface area contributed by atoms with Crippen LogP contribution in [0.5, 0.6) is 11.5 Å². The Kier molecular flexibility index (Phi) is 6.33. The second kappa shape index (κ2) is 8.96. The second-order valence-corrected chi connectivity index (χ2v) is 7.32. The predicted molar refractivity (Wildman–Crippen MR) is 117 cm³/mol. The SMILES string of the molecule is COc1ccc(C2(C)NC(=O)N(CC(=O)Nc3ccc(OC)c(NC(C)=O)c3)C2=O)cc1. The van der Waals surface area contributed by atoms with E-state index < -0.39 is 29.9 Å². The van der Waals surface area contributed by atoms with E-state index in [1.807, 2.05) is 0 Å². The van der Waals surface area contributed by atoms with Crippen molar-refractivity contribution in [2.45, 2.75) is 19.4 Å². The number of urea groups is 1. The molecule has 5 amide bonds. The van der Waals surface area contributed by atoms with Crippen LogP contribution in [0.25, 0.3) is 0 Å². The summed E-state index contributed by atoms with van der Waals surface area (Å²) in [7, 11) is 2.98. The summed E-state index contributed by atoms with van der Waals surface area (Å²) in [6.07, 6.45) is 0. The number of hydrogen-bond acceptors (Lipinski definition) is 6. The van der Waals surface area contributed by atoms with Gasteiger partial charge in [-0.25, -0.2) is 4.79 Å². The number of methoxy groups -OCH3 is 2. The van der Waals surface area contributed by atoms with Crippen molar-refractivity contribution in [2.75, 3.05) is 31.4 Å². The molecule has 10 nitrogen and oxygen atoms in total. The summed E-state index contributed by atoms with van der Waals surface area (Å²) in [4.78, 5) is 50.3. The molecule has 0 radical (unpaired) electrons. The summed E-state index contributed by atoms with van der Waals surface area (Å²) < 4.78 is 10.3. The summed E-state index contributed by atoms with van der Waals surface area (Å²) >= 11 is 0. The highest BCUT2D eigenvalue weighted by Crippen LogP contribution is 2.30. The molecule has 1 heterocycles. The molecule has 2 aromatic rings. The molecule has 10 heteroatoms. The largest absolute Gasteiger partial charge is 0.497 e. The third-order valence-electron chi connectivity index (χ3n) is 5.04. The van der Waals surface area contributed by atoms with Gasteiger partial charge in [-0.15, -0.1) is 0 Å². The molecule has 2 aromatic carbocycles. The Morgan fingerprint density at radius 1 is 1.03 bits per heavy atom. The molecule has 1 atom stereocenters. The van der Waals surface area contributed by atoms with Gasteiger partial charge in [0.05, 0.1) is 19.9 Å². The number of amides is 5. The third kappa shape index (κ3) is 4.48. The molecule has 1 unspecified atom stereocenters. The standard InChI is InChI=1S/C22H24N4O6/c1-13(27)23-17-11-15(7-10-18(17)32-4)24-19(28)12-26-20(29)22(2,25-21(26)30)14-5-8-16(31-3)9-6-14/h5-11H,12H2,1-4H3,(H,23,27)(H,24,28)(H,25,30). The first-order valence-electron chi connectivity index (χ1n) is 9.72. The van der Waals surface area contributed by atoms with Gasteiger partial charge < -0.3 is 25.4 Å². The number of hydrogen-bond donors (Lipinski definition) is 3. The Morgan fingerprint density at radius 2 is 1.72 bits per heavy atom. The molecule has 3 rings (SSSR count). The maximum Gasteiger partial charge on any atom is 0.325 e. The van der Waals surface area contributed by atoms with E-state index in [-0.39, 0.29) is 5.91 Å². The zero-order valence-electron chi connectivity index (χ0n) is 18.1. The van der Waals surface area contributed by atoms with E-state index >= 15 is 0 Å². The van der Waals surface area contributed by atoms with Gasteiger partial charge in [0.15, 0.2) is 0 Å². The number of carbonyl (C=O) groups is 4. The minimum Gasteiger partial charge on any atom is -0.497 e. The Bertz CT molecular complexity index is 1070. The van der Waals surface area contributed by atoms with Crippen LogP contribution < -0.4 is 25.4 Å². The van der Waals surface area contributed by atoms with Gasteiger partial charge in [-0.1, -0.05) is 12.1 Å². The van der Waals surface area contributed by atoms with E-state index in [0.717, 1.165) is 4.90 Å². The minimum absolute atomic E-state index is 0.302. The predicted octanol–water partition coefficient (Wildman–Crippen LogP) is 2.07. The molecular weight excluding hydrogens is 416 g/mol. The van der Waals surface area contributed by atoms with Gasteiger partial charge in [0.1, 0.15) is 23.6 Å². The molecule has 32 heavy (non-hydrogen) atoms. The summed E-state index contributed by atoms with van der Waals surface area (Å²) in [6, 6.07) is 10.7. The molecule has 1 aliphatic heterocycles. The molecule has 0 aromatic heterocycles. The van der Waals surface area contributed by atoms with Crippen LogP contribution in [0, 0.1) is 0 Å². The van der Waals surface area contributed by atoms with Gasteiger partial charge in [0.2, 0.25) is 11.8 Å². The Balaban J connectivity index is 1.73. The van der Waals surface area contributed by atoms with Gasteiger partial charge in [0.25, 0.3) is 5.91 Å². The fraction of sp³-hybridized carbons (Fsp3) is 0.273. The van der Waals surface area contributed by atoms with Crippen molar-refractivity contribution in [1.82, 2.24) is 10.2 Å². The second-order valence-electron chi connectivity index (χ2n) is 7.32. The molecule has 1 saturated heterocycles. The van der Waals surface area contributed by atoms with E-state index in [1.54, 1.807) is 43.3 Å². The molecule has 3 N–H and O–H groups in total. The number of nitrogens with one attached hydrogen (secondary N) is 3. The van der Waals surface area contributed by atoms with Gasteiger partial charge >= 0.3 is 6.03 Å². The van der Waals surface area contributed by atoms with Crippen LogP contribution in [0.4, 0.5) is 16.2 Å². The zero-order valence-corrected chi connectivity index (χ0v) is 18.1. The number of rotatable bonds is 7. The van der Waals surface area contributed by atoms with Crippen molar-refractivity contribution in [2.24, 2.45) is 0 Å². The minimum atomic E-state index is -1.30. The number of ether oxygens (including phenoxy) is 2. The molecule has 168 valence electrons. The molecule has 0 aliphatic carbocycles. The first-order chi connectivity index (χ1) is 15.2. The number of carbonyl (C=O) groups excluding carboxylic acids is 4. The van der Waals surface area contributed by atoms with E-state index in [1.165, 1.54) is 27.2 Å². The number of anilines is 2. The van der Waals surface area contributed by atoms with Gasteiger partial charge in [0, 0.05) is 12.6 Å². The van der Waals surface area contributed by atoms with Crippen LogP contribution in [0.15, 0.2) is 42.5 Å². The smallest absolute Gasteiger partial charge is 0.325 e. The highest BCUT2D eigenvalue weighted by Gasteiger charge is 2.49. The lowest BCUT2D eigenvalue weighted by Gasteiger charge is -2.22. The van der Waals surface area contributed by atoms with Crippen molar-refractivity contribution >= 4 is 35.1 Å². The van der Waals surface area contributed by atoms with Crippen molar-refractivity contribution in [3.05, 3.63) is 48.0 Å². The first-order valence-corrected chi connectivity index (χ1v) is 9.72. The average molecular weight is 440 g/mol. The highest BCUT2D eigenvalue weighted by molar-refractivity contribution is 6.10. The number of benzene rings is 2. The zero-order chi connectivity index (χ0) is 23.5. The maximum absolute atomic E-state index is 13.0.